The maximum absolute atomic E-state index is 12.2. The van der Waals surface area contributed by atoms with Crippen LogP contribution in [0, 0.1) is 0 Å². The zero-order chi connectivity index (χ0) is 17.3. The monoisotopic (exact) mass is 332 g/mol. The van der Waals surface area contributed by atoms with Gasteiger partial charge in [0, 0.05) is 38.9 Å². The van der Waals surface area contributed by atoms with Crippen LogP contribution < -0.4 is 15.0 Å². The third-order valence-corrected chi connectivity index (χ3v) is 4.29. The van der Waals surface area contributed by atoms with Crippen LogP contribution in [0.5, 0.6) is 5.75 Å². The summed E-state index contributed by atoms with van der Waals surface area (Å²) in [7, 11) is 3.62. The fraction of sp³-hybridized carbons (Fsp3) is 0.438. The highest BCUT2D eigenvalue weighted by molar-refractivity contribution is 6.39. The predicted octanol–water partition coefficient (Wildman–Crippen LogP) is -0.246. The molecule has 24 heavy (non-hydrogen) atoms. The molecule has 0 spiro atoms. The number of hydrogen-bond donors (Lipinski definition) is 1. The fourth-order valence-electron chi connectivity index (χ4n) is 2.69. The highest BCUT2D eigenvalue weighted by Gasteiger charge is 2.26. The van der Waals surface area contributed by atoms with Crippen molar-refractivity contribution >= 4 is 29.1 Å². The molecule has 1 saturated heterocycles. The maximum Gasteiger partial charge on any atom is 0.313 e. The molecular weight excluding hydrogens is 312 g/mol. The summed E-state index contributed by atoms with van der Waals surface area (Å²) in [6.45, 7) is 2.58. The first-order valence-corrected chi connectivity index (χ1v) is 7.78. The Balaban J connectivity index is 1.68. The number of likely N-dealkylation sites (N-methyl/N-ethyl adjacent to an activating group) is 2. The number of carbonyl (C=O) groups excluding carboxylic acids is 3. The first-order chi connectivity index (χ1) is 11.5. The van der Waals surface area contributed by atoms with Gasteiger partial charge in [-0.2, -0.15) is 0 Å². The maximum atomic E-state index is 12.2. The van der Waals surface area contributed by atoms with Crippen molar-refractivity contribution in [3.05, 3.63) is 18.2 Å². The van der Waals surface area contributed by atoms with Gasteiger partial charge in [0.05, 0.1) is 5.69 Å². The second-order valence-electron chi connectivity index (χ2n) is 5.97. The molecule has 0 bridgehead atoms. The van der Waals surface area contributed by atoms with Crippen LogP contribution in [0.2, 0.25) is 0 Å². The minimum atomic E-state index is -0.676. The van der Waals surface area contributed by atoms with E-state index in [9.17, 15) is 14.4 Å². The van der Waals surface area contributed by atoms with Gasteiger partial charge in [-0.25, -0.2) is 0 Å². The van der Waals surface area contributed by atoms with Crippen molar-refractivity contribution in [2.24, 2.45) is 0 Å². The van der Waals surface area contributed by atoms with E-state index in [2.05, 4.69) is 10.2 Å². The largest absolute Gasteiger partial charge is 0.482 e. The number of anilines is 2. The molecule has 1 aromatic rings. The van der Waals surface area contributed by atoms with Crippen LogP contribution in [0.15, 0.2) is 18.2 Å². The van der Waals surface area contributed by atoms with E-state index in [-0.39, 0.29) is 12.5 Å². The number of hydrogen-bond acceptors (Lipinski definition) is 5. The van der Waals surface area contributed by atoms with Crippen molar-refractivity contribution in [1.82, 2.24) is 9.80 Å². The molecule has 0 saturated carbocycles. The van der Waals surface area contributed by atoms with Crippen molar-refractivity contribution < 1.29 is 19.1 Å². The summed E-state index contributed by atoms with van der Waals surface area (Å²) < 4.78 is 5.34. The summed E-state index contributed by atoms with van der Waals surface area (Å²) >= 11 is 0. The standard InChI is InChI=1S/C16H20N4O4/c1-18-5-7-20(8-6-18)16(23)15(22)17-11-3-4-13-12(9-11)19(2)14(21)10-24-13/h3-4,9H,5-8,10H2,1-2H3,(H,17,22). The van der Waals surface area contributed by atoms with E-state index in [1.807, 2.05) is 7.05 Å². The molecule has 8 nitrogen and oxygen atoms in total. The van der Waals surface area contributed by atoms with Crippen LogP contribution in [0.4, 0.5) is 11.4 Å². The van der Waals surface area contributed by atoms with E-state index in [1.54, 1.807) is 30.1 Å². The Bertz CT molecular complexity index is 683. The molecule has 8 heteroatoms. The van der Waals surface area contributed by atoms with Gasteiger partial charge in [-0.3, -0.25) is 14.4 Å². The number of nitrogens with one attached hydrogen (secondary N) is 1. The van der Waals surface area contributed by atoms with Gasteiger partial charge >= 0.3 is 11.8 Å². The van der Waals surface area contributed by atoms with Crippen LogP contribution in [-0.2, 0) is 14.4 Å². The SMILES string of the molecule is CN1CCN(C(=O)C(=O)Nc2ccc3c(c2)N(C)C(=O)CO3)CC1. The lowest BCUT2D eigenvalue weighted by molar-refractivity contribution is -0.144. The summed E-state index contributed by atoms with van der Waals surface area (Å²) in [5.41, 5.74) is 1.02. The third-order valence-electron chi connectivity index (χ3n) is 4.29. The number of piperazine rings is 1. The molecule has 0 aliphatic carbocycles. The third kappa shape index (κ3) is 3.18. The summed E-state index contributed by atoms with van der Waals surface area (Å²) in [5, 5.41) is 2.60. The molecule has 0 radical (unpaired) electrons. The summed E-state index contributed by atoms with van der Waals surface area (Å²) in [6, 6.07) is 4.95. The zero-order valence-electron chi connectivity index (χ0n) is 13.7. The van der Waals surface area contributed by atoms with Crippen molar-refractivity contribution in [2.45, 2.75) is 0 Å². The molecule has 1 fully saturated rings. The summed E-state index contributed by atoms with van der Waals surface area (Å²) in [5.74, 6) is -0.813. The van der Waals surface area contributed by atoms with Crippen molar-refractivity contribution in [3.63, 3.8) is 0 Å². The average Bonchev–Trinajstić information content (AvgIpc) is 2.58. The Hall–Kier alpha value is -2.61. The molecule has 0 aromatic heterocycles. The van der Waals surface area contributed by atoms with Gasteiger partial charge in [0.25, 0.3) is 5.91 Å². The van der Waals surface area contributed by atoms with E-state index in [0.29, 0.717) is 30.2 Å². The molecule has 3 amide bonds. The highest BCUT2D eigenvalue weighted by Crippen LogP contribution is 2.33. The lowest BCUT2D eigenvalue weighted by Crippen LogP contribution is -2.50. The van der Waals surface area contributed by atoms with Crippen molar-refractivity contribution in [3.8, 4) is 5.75 Å². The molecule has 128 valence electrons. The predicted molar refractivity (Wildman–Crippen MR) is 88.1 cm³/mol. The van der Waals surface area contributed by atoms with E-state index >= 15 is 0 Å². The zero-order valence-corrected chi connectivity index (χ0v) is 13.7. The van der Waals surface area contributed by atoms with Crippen LogP contribution >= 0.6 is 0 Å². The fourth-order valence-corrected chi connectivity index (χ4v) is 2.69. The number of ether oxygens (including phenoxy) is 1. The van der Waals surface area contributed by atoms with Crippen molar-refractivity contribution in [2.75, 3.05) is 57.1 Å². The quantitative estimate of drug-likeness (QED) is 0.718. The van der Waals surface area contributed by atoms with Gasteiger partial charge in [0.15, 0.2) is 6.61 Å². The number of carbonyl (C=O) groups is 3. The Labute approximate surface area is 139 Å². The number of fused-ring (bicyclic) bond motifs is 1. The van der Waals surface area contributed by atoms with E-state index < -0.39 is 11.8 Å². The van der Waals surface area contributed by atoms with Gasteiger partial charge in [0.2, 0.25) is 0 Å². The molecule has 0 atom stereocenters. The lowest BCUT2D eigenvalue weighted by Gasteiger charge is -2.31. The Morgan fingerprint density at radius 2 is 1.83 bits per heavy atom. The highest BCUT2D eigenvalue weighted by atomic mass is 16.5. The minimum absolute atomic E-state index is 0.00288. The second-order valence-corrected chi connectivity index (χ2v) is 5.97. The molecule has 1 aromatic carbocycles. The Morgan fingerprint density at radius 3 is 2.54 bits per heavy atom. The van der Waals surface area contributed by atoms with Gasteiger partial charge < -0.3 is 24.8 Å². The Kier molecular flexibility index (Phi) is 4.39. The molecular formula is C16H20N4O4. The van der Waals surface area contributed by atoms with Gasteiger partial charge in [-0.1, -0.05) is 0 Å². The van der Waals surface area contributed by atoms with Crippen molar-refractivity contribution in [1.29, 1.82) is 0 Å². The molecule has 2 aliphatic heterocycles. The van der Waals surface area contributed by atoms with Gasteiger partial charge in [0.1, 0.15) is 5.75 Å². The molecule has 1 N–H and O–H groups in total. The first-order valence-electron chi connectivity index (χ1n) is 7.78. The molecule has 2 heterocycles. The number of nitrogens with zero attached hydrogens (tertiary/aromatic N) is 3. The minimum Gasteiger partial charge on any atom is -0.482 e. The molecule has 3 rings (SSSR count). The van der Waals surface area contributed by atoms with Gasteiger partial charge in [-0.05, 0) is 25.2 Å². The van der Waals surface area contributed by atoms with Crippen LogP contribution in [0.3, 0.4) is 0 Å². The Morgan fingerprint density at radius 1 is 1.12 bits per heavy atom. The lowest BCUT2D eigenvalue weighted by atomic mass is 10.2. The number of amides is 3. The van der Waals surface area contributed by atoms with Crippen LogP contribution in [0.25, 0.3) is 0 Å². The topological polar surface area (TPSA) is 82.2 Å². The van der Waals surface area contributed by atoms with E-state index in [4.69, 9.17) is 4.74 Å². The van der Waals surface area contributed by atoms with Gasteiger partial charge in [-0.15, -0.1) is 0 Å². The first kappa shape index (κ1) is 16.3. The normalized spacial score (nSPS) is 18.0. The van der Waals surface area contributed by atoms with E-state index in [1.165, 1.54) is 4.90 Å². The molecule has 0 unspecified atom stereocenters. The van der Waals surface area contributed by atoms with Crippen LogP contribution in [0.1, 0.15) is 0 Å². The van der Waals surface area contributed by atoms with Crippen LogP contribution in [-0.4, -0.2) is 74.4 Å². The number of rotatable bonds is 1. The molecule has 2 aliphatic rings. The summed E-state index contributed by atoms with van der Waals surface area (Å²) in [6.07, 6.45) is 0. The average molecular weight is 332 g/mol. The second kappa shape index (κ2) is 6.48. The summed E-state index contributed by atoms with van der Waals surface area (Å²) in [4.78, 5) is 41.2. The smallest absolute Gasteiger partial charge is 0.313 e. The van der Waals surface area contributed by atoms with E-state index in [0.717, 1.165) is 13.1 Å². The number of benzene rings is 1.